The Balaban J connectivity index is 1.38. The number of hydrogen-bond acceptors (Lipinski definition) is 6. The van der Waals surface area contributed by atoms with Crippen LogP contribution in [0.4, 0.5) is 0 Å². The topological polar surface area (TPSA) is 101 Å². The van der Waals surface area contributed by atoms with Crippen LogP contribution in [0.1, 0.15) is 26.4 Å². The molecule has 4 rings (SSSR count). The third-order valence-corrected chi connectivity index (χ3v) is 4.88. The molecule has 9 nitrogen and oxygen atoms in total. The zero-order valence-corrected chi connectivity index (χ0v) is 15.7. The first-order chi connectivity index (χ1) is 14.1. The number of nitrogens with one attached hydrogen (secondary N) is 1. The molecule has 2 aliphatic rings. The van der Waals surface area contributed by atoms with Crippen LogP contribution in [-0.4, -0.2) is 66.0 Å². The number of carbonyl (C=O) groups is 3. The molecule has 0 atom stereocenters. The third-order valence-electron chi connectivity index (χ3n) is 4.88. The van der Waals surface area contributed by atoms with E-state index >= 15 is 0 Å². The number of amides is 3. The lowest BCUT2D eigenvalue weighted by Crippen LogP contribution is -2.48. The Labute approximate surface area is 167 Å². The van der Waals surface area contributed by atoms with E-state index in [4.69, 9.17) is 9.47 Å². The van der Waals surface area contributed by atoms with E-state index < -0.39 is 0 Å². The number of nitrogens with zero attached hydrogens (tertiary/aromatic N) is 3. The predicted octanol–water partition coefficient (Wildman–Crippen LogP) is 0.654. The maximum absolute atomic E-state index is 12.7. The van der Waals surface area contributed by atoms with Crippen LogP contribution in [-0.2, 0) is 11.3 Å². The van der Waals surface area contributed by atoms with Crippen molar-refractivity contribution >= 4 is 18.2 Å². The highest BCUT2D eigenvalue weighted by Gasteiger charge is 2.23. The van der Waals surface area contributed by atoms with Gasteiger partial charge in [0, 0.05) is 44.5 Å². The standard InChI is InChI=1S/C20H20N4O5/c25-12-23-5-7-24(8-6-23)20(27)16-10-15(3-4-21-16)19(26)22-11-14-1-2-17-18(9-14)29-13-28-17/h1-4,9-10,12H,5-8,11,13H2,(H,22,26). The van der Waals surface area contributed by atoms with Crippen molar-refractivity contribution in [1.82, 2.24) is 20.1 Å². The van der Waals surface area contributed by atoms with E-state index in [9.17, 15) is 14.4 Å². The molecule has 0 bridgehead atoms. The lowest BCUT2D eigenvalue weighted by atomic mass is 10.1. The van der Waals surface area contributed by atoms with Crippen molar-refractivity contribution < 1.29 is 23.9 Å². The monoisotopic (exact) mass is 396 g/mol. The van der Waals surface area contributed by atoms with Crippen LogP contribution in [0, 0.1) is 0 Å². The number of piperazine rings is 1. The quantitative estimate of drug-likeness (QED) is 0.745. The van der Waals surface area contributed by atoms with Gasteiger partial charge in [0.25, 0.3) is 11.8 Å². The molecule has 3 heterocycles. The summed E-state index contributed by atoms with van der Waals surface area (Å²) < 4.78 is 10.6. The molecule has 9 heteroatoms. The minimum atomic E-state index is -0.301. The first kappa shape index (κ1) is 18.7. The van der Waals surface area contributed by atoms with Crippen molar-refractivity contribution in [1.29, 1.82) is 0 Å². The summed E-state index contributed by atoms with van der Waals surface area (Å²) in [5, 5.41) is 2.83. The summed E-state index contributed by atoms with van der Waals surface area (Å²) in [5.74, 6) is 0.792. The molecule has 150 valence electrons. The highest BCUT2D eigenvalue weighted by atomic mass is 16.7. The highest BCUT2D eigenvalue weighted by Crippen LogP contribution is 2.32. The summed E-state index contributed by atoms with van der Waals surface area (Å²) in [5.41, 5.74) is 1.44. The van der Waals surface area contributed by atoms with E-state index in [-0.39, 0.29) is 24.3 Å². The van der Waals surface area contributed by atoms with Gasteiger partial charge in [0.05, 0.1) is 0 Å². The highest BCUT2D eigenvalue weighted by molar-refractivity contribution is 5.98. The largest absolute Gasteiger partial charge is 0.454 e. The normalized spacial score (nSPS) is 15.2. The summed E-state index contributed by atoms with van der Waals surface area (Å²) in [7, 11) is 0. The Morgan fingerprint density at radius 3 is 2.66 bits per heavy atom. The van der Waals surface area contributed by atoms with Gasteiger partial charge in [0.15, 0.2) is 11.5 Å². The number of aromatic nitrogens is 1. The van der Waals surface area contributed by atoms with Crippen LogP contribution in [0.3, 0.4) is 0 Å². The van der Waals surface area contributed by atoms with Crippen molar-refractivity contribution in [3.8, 4) is 11.5 Å². The number of carbonyl (C=O) groups excluding carboxylic acids is 3. The number of benzene rings is 1. The van der Waals surface area contributed by atoms with E-state index in [2.05, 4.69) is 10.3 Å². The zero-order valence-electron chi connectivity index (χ0n) is 15.7. The molecule has 29 heavy (non-hydrogen) atoms. The van der Waals surface area contributed by atoms with Gasteiger partial charge in [-0.2, -0.15) is 0 Å². The van der Waals surface area contributed by atoms with Crippen molar-refractivity contribution in [2.75, 3.05) is 33.0 Å². The maximum atomic E-state index is 12.7. The first-order valence-corrected chi connectivity index (χ1v) is 9.25. The molecule has 1 aromatic heterocycles. The van der Waals surface area contributed by atoms with E-state index in [1.807, 2.05) is 12.1 Å². The van der Waals surface area contributed by atoms with Crippen molar-refractivity contribution in [3.05, 3.63) is 53.3 Å². The van der Waals surface area contributed by atoms with Gasteiger partial charge < -0.3 is 24.6 Å². The second kappa shape index (κ2) is 8.17. The Kier molecular flexibility index (Phi) is 5.28. The Bertz CT molecular complexity index is 940. The Morgan fingerprint density at radius 2 is 1.86 bits per heavy atom. The van der Waals surface area contributed by atoms with Crippen LogP contribution in [0.2, 0.25) is 0 Å². The van der Waals surface area contributed by atoms with Crippen molar-refractivity contribution in [2.24, 2.45) is 0 Å². The van der Waals surface area contributed by atoms with Crippen LogP contribution >= 0.6 is 0 Å². The molecular weight excluding hydrogens is 376 g/mol. The molecule has 2 aliphatic heterocycles. The zero-order chi connectivity index (χ0) is 20.2. The number of pyridine rings is 1. The van der Waals surface area contributed by atoms with Gasteiger partial charge >= 0.3 is 0 Å². The fourth-order valence-electron chi connectivity index (χ4n) is 3.22. The van der Waals surface area contributed by atoms with E-state index in [1.165, 1.54) is 12.3 Å². The van der Waals surface area contributed by atoms with E-state index in [1.54, 1.807) is 21.9 Å². The molecule has 1 fully saturated rings. The minimum absolute atomic E-state index is 0.198. The Morgan fingerprint density at radius 1 is 1.07 bits per heavy atom. The number of ether oxygens (including phenoxy) is 2. The van der Waals surface area contributed by atoms with Gasteiger partial charge in [-0.3, -0.25) is 19.4 Å². The molecule has 1 saturated heterocycles. The third kappa shape index (κ3) is 4.13. The minimum Gasteiger partial charge on any atom is -0.454 e. The van der Waals surface area contributed by atoms with E-state index in [0.29, 0.717) is 49.8 Å². The molecular formula is C20H20N4O5. The molecule has 0 unspecified atom stereocenters. The van der Waals surface area contributed by atoms with Gasteiger partial charge in [-0.25, -0.2) is 0 Å². The van der Waals surface area contributed by atoms with Crippen LogP contribution in [0.5, 0.6) is 11.5 Å². The average molecular weight is 396 g/mol. The van der Waals surface area contributed by atoms with Crippen LogP contribution < -0.4 is 14.8 Å². The van der Waals surface area contributed by atoms with E-state index in [0.717, 1.165) is 12.0 Å². The summed E-state index contributed by atoms with van der Waals surface area (Å²) in [6, 6.07) is 8.54. The fraction of sp³-hybridized carbons (Fsp3) is 0.300. The van der Waals surface area contributed by atoms with Gasteiger partial charge in [0.2, 0.25) is 13.2 Å². The summed E-state index contributed by atoms with van der Waals surface area (Å²) >= 11 is 0. The summed E-state index contributed by atoms with van der Waals surface area (Å²) in [6.45, 7) is 2.38. The van der Waals surface area contributed by atoms with Crippen molar-refractivity contribution in [2.45, 2.75) is 6.54 Å². The second-order valence-electron chi connectivity index (χ2n) is 6.73. The lowest BCUT2D eigenvalue weighted by molar-refractivity contribution is -0.119. The molecule has 2 aromatic rings. The van der Waals surface area contributed by atoms with Crippen molar-refractivity contribution in [3.63, 3.8) is 0 Å². The fourth-order valence-corrected chi connectivity index (χ4v) is 3.22. The van der Waals surface area contributed by atoms with Gasteiger partial charge in [-0.05, 0) is 29.8 Å². The lowest BCUT2D eigenvalue weighted by Gasteiger charge is -2.32. The predicted molar refractivity (Wildman–Crippen MR) is 102 cm³/mol. The number of hydrogen-bond donors (Lipinski definition) is 1. The van der Waals surface area contributed by atoms with Crippen LogP contribution in [0.25, 0.3) is 0 Å². The molecule has 1 aromatic carbocycles. The van der Waals surface area contributed by atoms with Gasteiger partial charge in [-0.1, -0.05) is 6.07 Å². The number of rotatable bonds is 5. The SMILES string of the molecule is O=CN1CCN(C(=O)c2cc(C(=O)NCc3ccc4c(c3)OCO4)ccn2)CC1. The van der Waals surface area contributed by atoms with Gasteiger partial charge in [-0.15, -0.1) is 0 Å². The molecule has 3 amide bonds. The van der Waals surface area contributed by atoms with Crippen LogP contribution in [0.15, 0.2) is 36.5 Å². The summed E-state index contributed by atoms with van der Waals surface area (Å²) in [6.07, 6.45) is 2.23. The molecule has 0 radical (unpaired) electrons. The average Bonchev–Trinajstić information content (AvgIpc) is 3.25. The maximum Gasteiger partial charge on any atom is 0.272 e. The first-order valence-electron chi connectivity index (χ1n) is 9.25. The molecule has 1 N–H and O–H groups in total. The van der Waals surface area contributed by atoms with Gasteiger partial charge in [0.1, 0.15) is 5.69 Å². The summed E-state index contributed by atoms with van der Waals surface area (Å²) in [4.78, 5) is 43.3. The molecule has 0 spiro atoms. The Hall–Kier alpha value is -3.62. The number of fused-ring (bicyclic) bond motifs is 1. The smallest absolute Gasteiger partial charge is 0.272 e. The molecule has 0 aliphatic carbocycles. The second-order valence-corrected chi connectivity index (χ2v) is 6.73. The molecule has 0 saturated carbocycles.